The van der Waals surface area contributed by atoms with Gasteiger partial charge in [-0.15, -0.1) is 6.58 Å². The van der Waals surface area contributed by atoms with Crippen LogP contribution in [-0.2, 0) is 0 Å². The van der Waals surface area contributed by atoms with Crippen LogP contribution in [-0.4, -0.2) is 53.7 Å². The van der Waals surface area contributed by atoms with Crippen LogP contribution in [0.2, 0.25) is 0 Å². The van der Waals surface area contributed by atoms with Gasteiger partial charge in [-0.25, -0.2) is 9.78 Å². The summed E-state index contributed by atoms with van der Waals surface area (Å²) in [5, 5.41) is 9.32. The first-order valence-electron chi connectivity index (χ1n) is 8.88. The minimum Gasteiger partial charge on any atom is -0.478 e. The number of nitrogens with one attached hydrogen (secondary N) is 1. The topological polar surface area (TPSA) is 68.7 Å². The van der Waals surface area contributed by atoms with Gasteiger partial charge in [-0.2, -0.15) is 0 Å². The molecular weight excluding hydrogens is 360 g/mol. The summed E-state index contributed by atoms with van der Waals surface area (Å²) in [6.45, 7) is 10.3. The van der Waals surface area contributed by atoms with Crippen molar-refractivity contribution >= 4 is 29.4 Å². The minimum absolute atomic E-state index is 0.177. The van der Waals surface area contributed by atoms with Crippen molar-refractivity contribution in [1.82, 2.24) is 9.88 Å². The molecule has 0 bridgehead atoms. The summed E-state index contributed by atoms with van der Waals surface area (Å²) in [7, 11) is 0. The lowest BCUT2D eigenvalue weighted by molar-refractivity contribution is 0.0696. The van der Waals surface area contributed by atoms with Crippen LogP contribution in [0.5, 0.6) is 0 Å². The van der Waals surface area contributed by atoms with Gasteiger partial charge in [-0.05, 0) is 42.6 Å². The summed E-state index contributed by atoms with van der Waals surface area (Å²) in [6.07, 6.45) is 3.34. The molecule has 2 heterocycles. The fourth-order valence-electron chi connectivity index (χ4n) is 3.02. The molecule has 0 aliphatic carbocycles. The molecule has 1 aromatic heterocycles. The molecule has 1 aliphatic heterocycles. The van der Waals surface area contributed by atoms with Crippen molar-refractivity contribution in [3.63, 3.8) is 0 Å². The number of aromatic nitrogens is 1. The SMILES string of the molecule is C=CCN1CCN(c2ncc(C(=O)O)cc2NSc2cccc(C)c2)CC1. The predicted octanol–water partition coefficient (Wildman–Crippen LogP) is 3.52. The highest BCUT2D eigenvalue weighted by atomic mass is 32.2. The number of hydrogen-bond acceptors (Lipinski definition) is 6. The number of hydrogen-bond donors (Lipinski definition) is 2. The monoisotopic (exact) mass is 384 g/mol. The Morgan fingerprint density at radius 1 is 1.33 bits per heavy atom. The lowest BCUT2D eigenvalue weighted by Crippen LogP contribution is -2.46. The summed E-state index contributed by atoms with van der Waals surface area (Å²) in [6, 6.07) is 9.81. The van der Waals surface area contributed by atoms with E-state index >= 15 is 0 Å². The molecule has 0 radical (unpaired) electrons. The maximum Gasteiger partial charge on any atom is 0.337 e. The van der Waals surface area contributed by atoms with E-state index in [4.69, 9.17) is 0 Å². The van der Waals surface area contributed by atoms with Crippen LogP contribution < -0.4 is 9.62 Å². The second kappa shape index (κ2) is 8.92. The third kappa shape index (κ3) is 5.02. The standard InChI is InChI=1S/C20H24N4O2S/c1-3-7-23-8-10-24(11-9-23)19-18(13-16(14-21-19)20(25)26)22-27-17-6-4-5-15(2)12-17/h3-6,12-14,22H,1,7-11H2,2H3,(H,25,26). The predicted molar refractivity (Wildman–Crippen MR) is 111 cm³/mol. The summed E-state index contributed by atoms with van der Waals surface area (Å²) in [5.41, 5.74) is 2.08. The molecule has 0 atom stereocenters. The van der Waals surface area contributed by atoms with E-state index in [1.807, 2.05) is 31.2 Å². The van der Waals surface area contributed by atoms with Crippen LogP contribution in [0.15, 0.2) is 54.1 Å². The number of pyridine rings is 1. The third-order valence-electron chi connectivity index (χ3n) is 4.44. The number of carboxylic acid groups (broad SMARTS) is 1. The number of benzene rings is 1. The Kier molecular flexibility index (Phi) is 6.36. The molecule has 0 saturated carbocycles. The Balaban J connectivity index is 1.78. The first-order valence-corrected chi connectivity index (χ1v) is 9.69. The summed E-state index contributed by atoms with van der Waals surface area (Å²) < 4.78 is 3.31. The number of anilines is 2. The first-order chi connectivity index (χ1) is 13.1. The van der Waals surface area contributed by atoms with E-state index in [0.717, 1.165) is 49.1 Å². The Morgan fingerprint density at radius 2 is 2.11 bits per heavy atom. The average Bonchev–Trinajstić information content (AvgIpc) is 2.67. The van der Waals surface area contributed by atoms with Crippen LogP contribution in [0.25, 0.3) is 0 Å². The second-order valence-electron chi connectivity index (χ2n) is 6.50. The number of piperazine rings is 1. The van der Waals surface area contributed by atoms with Gasteiger partial charge in [-0.1, -0.05) is 18.2 Å². The van der Waals surface area contributed by atoms with Crippen LogP contribution in [0.3, 0.4) is 0 Å². The van der Waals surface area contributed by atoms with Crippen molar-refractivity contribution in [1.29, 1.82) is 0 Å². The van der Waals surface area contributed by atoms with Gasteiger partial charge in [0.2, 0.25) is 0 Å². The van der Waals surface area contributed by atoms with Gasteiger partial charge in [0.25, 0.3) is 0 Å². The molecule has 1 aliphatic rings. The van der Waals surface area contributed by atoms with E-state index in [-0.39, 0.29) is 5.56 Å². The van der Waals surface area contributed by atoms with Crippen molar-refractivity contribution in [2.45, 2.75) is 11.8 Å². The van der Waals surface area contributed by atoms with Crippen LogP contribution in [0, 0.1) is 6.92 Å². The van der Waals surface area contributed by atoms with Gasteiger partial charge in [0, 0.05) is 43.8 Å². The third-order valence-corrected chi connectivity index (χ3v) is 5.25. The minimum atomic E-state index is -0.978. The first kappa shape index (κ1) is 19.3. The Hall–Kier alpha value is -2.51. The summed E-state index contributed by atoms with van der Waals surface area (Å²) >= 11 is 1.46. The van der Waals surface area contributed by atoms with Crippen molar-refractivity contribution in [3.8, 4) is 0 Å². The van der Waals surface area contributed by atoms with Crippen molar-refractivity contribution in [2.24, 2.45) is 0 Å². The number of carboxylic acids is 1. The lowest BCUT2D eigenvalue weighted by atomic mass is 10.2. The van der Waals surface area contributed by atoms with E-state index in [1.165, 1.54) is 23.7 Å². The Labute approximate surface area is 164 Å². The van der Waals surface area contributed by atoms with E-state index < -0.39 is 5.97 Å². The highest BCUT2D eigenvalue weighted by Crippen LogP contribution is 2.30. The zero-order valence-corrected chi connectivity index (χ0v) is 16.2. The van der Waals surface area contributed by atoms with Gasteiger partial charge in [-0.3, -0.25) is 4.90 Å². The molecule has 2 N–H and O–H groups in total. The Bertz CT molecular complexity index is 819. The molecule has 6 nitrogen and oxygen atoms in total. The fraction of sp³-hybridized carbons (Fsp3) is 0.300. The molecular formula is C20H24N4O2S. The largest absolute Gasteiger partial charge is 0.478 e. The van der Waals surface area contributed by atoms with Crippen molar-refractivity contribution in [2.75, 3.05) is 42.3 Å². The zero-order chi connectivity index (χ0) is 19.2. The van der Waals surface area contributed by atoms with Crippen LogP contribution >= 0.6 is 11.9 Å². The zero-order valence-electron chi connectivity index (χ0n) is 15.4. The maximum atomic E-state index is 11.4. The smallest absolute Gasteiger partial charge is 0.337 e. The van der Waals surface area contributed by atoms with Crippen molar-refractivity contribution < 1.29 is 9.90 Å². The molecule has 3 rings (SSSR count). The van der Waals surface area contributed by atoms with Gasteiger partial charge in [0.1, 0.15) is 0 Å². The molecule has 0 unspecified atom stereocenters. The van der Waals surface area contributed by atoms with E-state index in [0.29, 0.717) is 0 Å². The number of aryl methyl sites for hydroxylation is 1. The van der Waals surface area contributed by atoms with Gasteiger partial charge >= 0.3 is 5.97 Å². The Morgan fingerprint density at radius 3 is 2.78 bits per heavy atom. The van der Waals surface area contributed by atoms with E-state index in [2.05, 4.69) is 32.2 Å². The van der Waals surface area contributed by atoms with E-state index in [9.17, 15) is 9.90 Å². The quantitative estimate of drug-likeness (QED) is 0.559. The molecule has 7 heteroatoms. The molecule has 0 amide bonds. The molecule has 1 fully saturated rings. The molecule has 2 aromatic rings. The normalized spacial score (nSPS) is 14.8. The summed E-state index contributed by atoms with van der Waals surface area (Å²) in [4.78, 5) is 21.4. The van der Waals surface area contributed by atoms with Gasteiger partial charge in [0.15, 0.2) is 5.82 Å². The highest BCUT2D eigenvalue weighted by molar-refractivity contribution is 8.00. The van der Waals surface area contributed by atoms with Gasteiger partial charge in [0.05, 0.1) is 11.3 Å². The molecule has 27 heavy (non-hydrogen) atoms. The average molecular weight is 385 g/mol. The molecule has 1 aromatic carbocycles. The fourth-order valence-corrected chi connectivity index (χ4v) is 3.79. The van der Waals surface area contributed by atoms with Crippen molar-refractivity contribution in [3.05, 3.63) is 60.3 Å². The molecule has 0 spiro atoms. The number of nitrogens with zero attached hydrogens (tertiary/aromatic N) is 3. The number of carbonyl (C=O) groups is 1. The lowest BCUT2D eigenvalue weighted by Gasteiger charge is -2.35. The second-order valence-corrected chi connectivity index (χ2v) is 7.38. The number of rotatable bonds is 7. The van der Waals surface area contributed by atoms with Crippen LogP contribution in [0.4, 0.5) is 11.5 Å². The van der Waals surface area contributed by atoms with E-state index in [1.54, 1.807) is 6.07 Å². The molecule has 142 valence electrons. The van der Waals surface area contributed by atoms with Gasteiger partial charge < -0.3 is 14.7 Å². The van der Waals surface area contributed by atoms with Crippen LogP contribution in [0.1, 0.15) is 15.9 Å². The molecule has 1 saturated heterocycles. The number of aromatic carboxylic acids is 1. The summed E-state index contributed by atoms with van der Waals surface area (Å²) in [5.74, 6) is -0.188. The highest BCUT2D eigenvalue weighted by Gasteiger charge is 2.21. The maximum absolute atomic E-state index is 11.4.